The molecule has 4 rings (SSSR count). The molecule has 0 radical (unpaired) electrons. The summed E-state index contributed by atoms with van der Waals surface area (Å²) in [6, 6.07) is 6.84. The van der Waals surface area contributed by atoms with Gasteiger partial charge in [0.2, 0.25) is 5.91 Å². The van der Waals surface area contributed by atoms with Crippen molar-refractivity contribution in [2.24, 2.45) is 11.5 Å². The van der Waals surface area contributed by atoms with E-state index in [0.29, 0.717) is 10.7 Å². The molecule has 14 heteroatoms. The molecule has 1 unspecified atom stereocenters. The molecule has 0 saturated carbocycles. The molecule has 0 spiro atoms. The predicted molar refractivity (Wildman–Crippen MR) is 151 cm³/mol. The van der Waals surface area contributed by atoms with Crippen LogP contribution in [0.3, 0.4) is 0 Å². The summed E-state index contributed by atoms with van der Waals surface area (Å²) in [4.78, 5) is 47.2. The topological polar surface area (TPSA) is 163 Å². The average Bonchev–Trinajstić information content (AvgIpc) is 2.91. The van der Waals surface area contributed by atoms with Crippen LogP contribution in [0.5, 0.6) is 0 Å². The van der Waals surface area contributed by atoms with Crippen LogP contribution >= 0.6 is 24.0 Å². The maximum absolute atomic E-state index is 12.7. The quantitative estimate of drug-likeness (QED) is 0.385. The molecular formula is C25H36Cl2N8O4. The van der Waals surface area contributed by atoms with Crippen molar-refractivity contribution in [1.82, 2.24) is 24.3 Å². The number of hydrogen-bond acceptors (Lipinski definition) is 8. The lowest BCUT2D eigenvalue weighted by Gasteiger charge is -2.37. The average molecular weight is 584 g/mol. The fraction of sp³-hybridized carbons (Fsp3) is 0.520. The van der Waals surface area contributed by atoms with E-state index in [2.05, 4.69) is 15.2 Å². The number of nitrogens with zero attached hydrogens (tertiary/aromatic N) is 5. The molecule has 3 heterocycles. The second-order valence-electron chi connectivity index (χ2n) is 10.1. The van der Waals surface area contributed by atoms with Crippen LogP contribution in [0.25, 0.3) is 5.69 Å². The number of piperidine rings is 1. The van der Waals surface area contributed by atoms with E-state index in [-0.39, 0.29) is 56.4 Å². The normalized spacial score (nSPS) is 18.3. The van der Waals surface area contributed by atoms with E-state index < -0.39 is 23.9 Å². The van der Waals surface area contributed by atoms with E-state index in [9.17, 15) is 19.5 Å². The predicted octanol–water partition coefficient (Wildman–Crippen LogP) is 0.617. The number of urea groups is 1. The molecule has 0 bridgehead atoms. The van der Waals surface area contributed by atoms with Crippen molar-refractivity contribution in [3.05, 3.63) is 51.5 Å². The Morgan fingerprint density at radius 3 is 2.36 bits per heavy atom. The van der Waals surface area contributed by atoms with E-state index in [1.807, 2.05) is 12.1 Å². The molecule has 2 aromatic rings. The smallest absolute Gasteiger partial charge is 0.354 e. The van der Waals surface area contributed by atoms with Gasteiger partial charge in [-0.05, 0) is 56.6 Å². The standard InChI is InChI=1S/C25H35ClN8O4.ClH/c1-25(28,16-35)22(36)32-10-12-33(13-11-32)23(37)29-21-6-9-34(24(38)30-21)19-3-2-17(20(26)14-19)15-31-7-4-18(27)5-8-31;/h2-3,6,9,14,18,35H,4-5,7-8,10-13,15-16,27-28H2,1H3,(H,29,30,37,38);1H. The van der Waals surface area contributed by atoms with Gasteiger partial charge in [0.25, 0.3) is 0 Å². The highest BCUT2D eigenvalue weighted by molar-refractivity contribution is 6.31. The molecule has 2 aliphatic heterocycles. The van der Waals surface area contributed by atoms with Crippen molar-refractivity contribution in [1.29, 1.82) is 0 Å². The Morgan fingerprint density at radius 2 is 1.77 bits per heavy atom. The summed E-state index contributed by atoms with van der Waals surface area (Å²) in [5.74, 6) is -0.245. The first kappa shape index (κ1) is 30.8. The minimum absolute atomic E-state index is 0. The Bertz CT molecular complexity index is 1220. The number of benzene rings is 1. The first-order valence-corrected chi connectivity index (χ1v) is 13.1. The maximum Gasteiger partial charge on any atom is 0.354 e. The third-order valence-corrected chi connectivity index (χ3v) is 7.40. The number of aliphatic hydroxyl groups excluding tert-OH is 1. The van der Waals surface area contributed by atoms with Crippen LogP contribution in [0, 0.1) is 0 Å². The Morgan fingerprint density at radius 1 is 1.13 bits per heavy atom. The molecule has 3 amide bonds. The van der Waals surface area contributed by atoms with Gasteiger partial charge in [0, 0.05) is 50.0 Å². The zero-order chi connectivity index (χ0) is 27.4. The van der Waals surface area contributed by atoms with Crippen LogP contribution in [0.1, 0.15) is 25.3 Å². The van der Waals surface area contributed by atoms with Crippen LogP contribution in [0.2, 0.25) is 5.02 Å². The summed E-state index contributed by atoms with van der Waals surface area (Å²) in [6.45, 7) is 4.73. The highest BCUT2D eigenvalue weighted by Gasteiger charge is 2.34. The molecule has 2 fully saturated rings. The molecule has 2 saturated heterocycles. The maximum atomic E-state index is 12.7. The van der Waals surface area contributed by atoms with E-state index in [1.54, 1.807) is 12.1 Å². The number of amides is 3. The summed E-state index contributed by atoms with van der Waals surface area (Å²) in [7, 11) is 0. The fourth-order valence-corrected chi connectivity index (χ4v) is 4.80. The van der Waals surface area contributed by atoms with Gasteiger partial charge < -0.3 is 26.4 Å². The first-order chi connectivity index (χ1) is 18.1. The minimum Gasteiger partial charge on any atom is -0.394 e. The Kier molecular flexibility index (Phi) is 10.3. The lowest BCUT2D eigenvalue weighted by molar-refractivity contribution is -0.139. The number of anilines is 1. The van der Waals surface area contributed by atoms with E-state index >= 15 is 0 Å². The number of piperazine rings is 1. The van der Waals surface area contributed by atoms with E-state index in [0.717, 1.165) is 38.0 Å². The molecular weight excluding hydrogens is 547 g/mol. The molecule has 2 aliphatic rings. The van der Waals surface area contributed by atoms with Crippen molar-refractivity contribution in [2.75, 3.05) is 51.2 Å². The summed E-state index contributed by atoms with van der Waals surface area (Å²) in [6.07, 6.45) is 3.47. The molecule has 39 heavy (non-hydrogen) atoms. The van der Waals surface area contributed by atoms with Crippen LogP contribution < -0.4 is 22.5 Å². The largest absolute Gasteiger partial charge is 0.394 e. The summed E-state index contributed by atoms with van der Waals surface area (Å²) in [5.41, 5.74) is 11.4. The van der Waals surface area contributed by atoms with Crippen LogP contribution in [-0.4, -0.2) is 98.8 Å². The molecule has 1 atom stereocenters. The number of rotatable bonds is 6. The van der Waals surface area contributed by atoms with Gasteiger partial charge >= 0.3 is 11.7 Å². The highest BCUT2D eigenvalue weighted by Crippen LogP contribution is 2.23. The number of halogens is 2. The monoisotopic (exact) mass is 582 g/mol. The lowest BCUT2D eigenvalue weighted by atomic mass is 10.0. The zero-order valence-electron chi connectivity index (χ0n) is 21.9. The third-order valence-electron chi connectivity index (χ3n) is 7.05. The minimum atomic E-state index is -1.36. The van der Waals surface area contributed by atoms with Gasteiger partial charge in [-0.15, -0.1) is 12.4 Å². The molecule has 1 aromatic heterocycles. The van der Waals surface area contributed by atoms with Crippen molar-refractivity contribution < 1.29 is 14.7 Å². The molecule has 214 valence electrons. The van der Waals surface area contributed by atoms with Gasteiger partial charge in [-0.3, -0.25) is 19.6 Å². The molecule has 12 nitrogen and oxygen atoms in total. The number of hydrogen-bond donors (Lipinski definition) is 4. The molecule has 0 aliphatic carbocycles. The third kappa shape index (κ3) is 7.47. The molecule has 6 N–H and O–H groups in total. The second-order valence-corrected chi connectivity index (χ2v) is 10.5. The van der Waals surface area contributed by atoms with Gasteiger partial charge in [-0.2, -0.15) is 4.98 Å². The van der Waals surface area contributed by atoms with Crippen molar-refractivity contribution in [3.8, 4) is 5.69 Å². The van der Waals surface area contributed by atoms with Gasteiger partial charge in [0.15, 0.2) is 0 Å². The van der Waals surface area contributed by atoms with Crippen molar-refractivity contribution in [3.63, 3.8) is 0 Å². The lowest BCUT2D eigenvalue weighted by Crippen LogP contribution is -2.60. The summed E-state index contributed by atoms with van der Waals surface area (Å²) in [5, 5.41) is 12.5. The molecule has 1 aromatic carbocycles. The van der Waals surface area contributed by atoms with Gasteiger partial charge in [-0.25, -0.2) is 9.59 Å². The van der Waals surface area contributed by atoms with Crippen molar-refractivity contribution >= 4 is 41.8 Å². The number of nitrogens with two attached hydrogens (primary N) is 2. The number of aromatic nitrogens is 2. The Balaban J connectivity index is 0.00000420. The van der Waals surface area contributed by atoms with Crippen LogP contribution in [0.4, 0.5) is 10.6 Å². The van der Waals surface area contributed by atoms with Gasteiger partial charge in [0.1, 0.15) is 11.4 Å². The summed E-state index contributed by atoms with van der Waals surface area (Å²) < 4.78 is 1.36. The van der Waals surface area contributed by atoms with Gasteiger partial charge in [-0.1, -0.05) is 17.7 Å². The SMILES string of the molecule is CC(N)(CO)C(=O)N1CCN(C(=O)Nc2ccn(-c3ccc(CN4CCC(N)CC4)c(Cl)c3)c(=O)n2)CC1.Cl. The van der Waals surface area contributed by atoms with Crippen LogP contribution in [-0.2, 0) is 11.3 Å². The van der Waals surface area contributed by atoms with Crippen LogP contribution in [0.15, 0.2) is 35.3 Å². The van der Waals surface area contributed by atoms with E-state index in [4.69, 9.17) is 23.1 Å². The first-order valence-electron chi connectivity index (χ1n) is 12.7. The number of carbonyl (C=O) groups is 2. The fourth-order valence-electron chi connectivity index (χ4n) is 4.57. The Labute approximate surface area is 238 Å². The van der Waals surface area contributed by atoms with Crippen molar-refractivity contribution in [2.45, 2.75) is 37.9 Å². The number of nitrogens with one attached hydrogen (secondary N) is 1. The number of likely N-dealkylation sites (tertiary alicyclic amines) is 1. The van der Waals surface area contributed by atoms with Gasteiger partial charge in [0.05, 0.1) is 12.3 Å². The number of carbonyl (C=O) groups excluding carboxylic acids is 2. The Hall–Kier alpha value is -2.74. The number of aliphatic hydroxyl groups is 1. The zero-order valence-corrected chi connectivity index (χ0v) is 23.5. The second kappa shape index (κ2) is 13.1. The summed E-state index contributed by atoms with van der Waals surface area (Å²) >= 11 is 6.54. The highest BCUT2D eigenvalue weighted by atomic mass is 35.5. The van der Waals surface area contributed by atoms with E-state index in [1.165, 1.54) is 27.5 Å².